The summed E-state index contributed by atoms with van der Waals surface area (Å²) in [6, 6.07) is 11.9. The molecule has 0 unspecified atom stereocenters. The lowest BCUT2D eigenvalue weighted by Crippen LogP contribution is -3.04. The third-order valence-electron chi connectivity index (χ3n) is 3.27. The molecule has 0 saturated carbocycles. The summed E-state index contributed by atoms with van der Waals surface area (Å²) in [5.74, 6) is -1.04. The van der Waals surface area contributed by atoms with Gasteiger partial charge in [-0.05, 0) is 23.8 Å². The standard InChI is InChI=1S/C17H18ClFN2O/c1-21(2)11-13-6-4-3-5-12(13)10-20-17(22)15-9-14(18)7-8-16(15)19/h3-9H,10-11H2,1-2H3,(H,20,22)/p+1. The van der Waals surface area contributed by atoms with E-state index in [1.165, 1.54) is 23.1 Å². The number of nitrogens with one attached hydrogen (secondary N) is 2. The normalized spacial score (nSPS) is 10.8. The van der Waals surface area contributed by atoms with Crippen LogP contribution in [0.5, 0.6) is 0 Å². The largest absolute Gasteiger partial charge is 0.348 e. The summed E-state index contributed by atoms with van der Waals surface area (Å²) in [6.07, 6.45) is 0. The highest BCUT2D eigenvalue weighted by molar-refractivity contribution is 6.30. The fourth-order valence-corrected chi connectivity index (χ4v) is 2.40. The van der Waals surface area contributed by atoms with Gasteiger partial charge < -0.3 is 10.2 Å². The van der Waals surface area contributed by atoms with E-state index in [4.69, 9.17) is 11.6 Å². The molecular formula is C17H19ClFN2O+. The number of amides is 1. The molecule has 0 spiro atoms. The number of carbonyl (C=O) groups is 1. The Labute approximate surface area is 134 Å². The van der Waals surface area contributed by atoms with Crippen molar-refractivity contribution in [2.45, 2.75) is 13.1 Å². The minimum atomic E-state index is -0.576. The number of quaternary nitrogens is 1. The SMILES string of the molecule is C[NH+](C)Cc1ccccc1CNC(=O)c1cc(Cl)ccc1F. The van der Waals surface area contributed by atoms with E-state index in [1.807, 2.05) is 24.3 Å². The number of hydrogen-bond donors (Lipinski definition) is 2. The Bertz CT molecular complexity index is 673. The van der Waals surface area contributed by atoms with Gasteiger partial charge in [0.05, 0.1) is 19.7 Å². The lowest BCUT2D eigenvalue weighted by molar-refractivity contribution is -0.872. The topological polar surface area (TPSA) is 33.5 Å². The molecule has 2 rings (SSSR count). The first-order chi connectivity index (χ1) is 10.5. The van der Waals surface area contributed by atoms with Crippen LogP contribution >= 0.6 is 11.6 Å². The van der Waals surface area contributed by atoms with E-state index in [-0.39, 0.29) is 5.56 Å². The zero-order valence-electron chi connectivity index (χ0n) is 12.6. The van der Waals surface area contributed by atoms with E-state index in [2.05, 4.69) is 19.4 Å². The van der Waals surface area contributed by atoms with Crippen LogP contribution in [-0.2, 0) is 13.1 Å². The molecule has 2 aromatic carbocycles. The Balaban J connectivity index is 2.10. The third kappa shape index (κ3) is 4.29. The minimum Gasteiger partial charge on any atom is -0.348 e. The van der Waals surface area contributed by atoms with Crippen molar-refractivity contribution in [2.24, 2.45) is 0 Å². The van der Waals surface area contributed by atoms with Crippen molar-refractivity contribution < 1.29 is 14.1 Å². The van der Waals surface area contributed by atoms with Crippen LogP contribution < -0.4 is 10.2 Å². The molecule has 0 aromatic heterocycles. The molecule has 0 aliphatic heterocycles. The second-order valence-corrected chi connectivity index (χ2v) is 5.90. The van der Waals surface area contributed by atoms with E-state index >= 15 is 0 Å². The van der Waals surface area contributed by atoms with Crippen molar-refractivity contribution in [1.29, 1.82) is 0 Å². The summed E-state index contributed by atoms with van der Waals surface area (Å²) in [5.41, 5.74) is 2.15. The smallest absolute Gasteiger partial charge is 0.254 e. The van der Waals surface area contributed by atoms with Gasteiger partial charge in [-0.25, -0.2) is 4.39 Å². The molecule has 0 fully saturated rings. The maximum Gasteiger partial charge on any atom is 0.254 e. The van der Waals surface area contributed by atoms with Gasteiger partial charge in [0.25, 0.3) is 5.91 Å². The maximum atomic E-state index is 13.7. The Kier molecular flexibility index (Phi) is 5.52. The zero-order chi connectivity index (χ0) is 16.1. The Morgan fingerprint density at radius 3 is 2.55 bits per heavy atom. The molecule has 22 heavy (non-hydrogen) atoms. The van der Waals surface area contributed by atoms with Crippen LogP contribution in [0, 0.1) is 5.82 Å². The summed E-state index contributed by atoms with van der Waals surface area (Å²) in [4.78, 5) is 13.4. The van der Waals surface area contributed by atoms with Crippen LogP contribution in [-0.4, -0.2) is 20.0 Å². The Morgan fingerprint density at radius 1 is 1.18 bits per heavy atom. The molecule has 2 N–H and O–H groups in total. The number of carbonyl (C=O) groups excluding carboxylic acids is 1. The molecule has 116 valence electrons. The average molecular weight is 322 g/mol. The van der Waals surface area contributed by atoms with Crippen LogP contribution in [0.1, 0.15) is 21.5 Å². The van der Waals surface area contributed by atoms with Gasteiger partial charge in [0.15, 0.2) is 0 Å². The number of rotatable bonds is 5. The molecule has 0 aliphatic carbocycles. The number of benzene rings is 2. The minimum absolute atomic E-state index is 0.0387. The molecule has 0 atom stereocenters. The van der Waals surface area contributed by atoms with E-state index in [0.29, 0.717) is 11.6 Å². The van der Waals surface area contributed by atoms with E-state index in [0.717, 1.165) is 17.7 Å². The predicted octanol–water partition coefficient (Wildman–Crippen LogP) is 2.05. The van der Waals surface area contributed by atoms with Crippen molar-refractivity contribution >= 4 is 17.5 Å². The van der Waals surface area contributed by atoms with Gasteiger partial charge >= 0.3 is 0 Å². The number of hydrogen-bond acceptors (Lipinski definition) is 1. The van der Waals surface area contributed by atoms with Crippen LogP contribution in [0.4, 0.5) is 4.39 Å². The van der Waals surface area contributed by atoms with E-state index < -0.39 is 11.7 Å². The second kappa shape index (κ2) is 7.38. The second-order valence-electron chi connectivity index (χ2n) is 5.46. The lowest BCUT2D eigenvalue weighted by Gasteiger charge is -2.13. The highest BCUT2D eigenvalue weighted by atomic mass is 35.5. The van der Waals surface area contributed by atoms with Gasteiger partial charge in [0.1, 0.15) is 12.4 Å². The van der Waals surface area contributed by atoms with Gasteiger partial charge in [-0.1, -0.05) is 35.9 Å². The molecule has 5 heteroatoms. The van der Waals surface area contributed by atoms with Crippen LogP contribution in [0.15, 0.2) is 42.5 Å². The highest BCUT2D eigenvalue weighted by Crippen LogP contribution is 2.15. The van der Waals surface area contributed by atoms with Crippen LogP contribution in [0.3, 0.4) is 0 Å². The molecule has 0 heterocycles. The first kappa shape index (κ1) is 16.5. The van der Waals surface area contributed by atoms with Gasteiger partial charge in [-0.2, -0.15) is 0 Å². The fourth-order valence-electron chi connectivity index (χ4n) is 2.23. The zero-order valence-corrected chi connectivity index (χ0v) is 13.4. The van der Waals surface area contributed by atoms with Gasteiger partial charge in [-0.3, -0.25) is 4.79 Å². The molecule has 0 bridgehead atoms. The van der Waals surface area contributed by atoms with E-state index in [1.54, 1.807) is 0 Å². The molecular weight excluding hydrogens is 303 g/mol. The molecule has 0 aliphatic rings. The van der Waals surface area contributed by atoms with Gasteiger partial charge in [-0.15, -0.1) is 0 Å². The average Bonchev–Trinajstić information content (AvgIpc) is 2.48. The van der Waals surface area contributed by atoms with Crippen molar-refractivity contribution in [3.8, 4) is 0 Å². The first-order valence-electron chi connectivity index (χ1n) is 7.06. The summed E-state index contributed by atoms with van der Waals surface area (Å²) >= 11 is 5.81. The summed E-state index contributed by atoms with van der Waals surface area (Å²) in [5, 5.41) is 3.09. The van der Waals surface area contributed by atoms with Crippen molar-refractivity contribution in [2.75, 3.05) is 14.1 Å². The summed E-state index contributed by atoms with van der Waals surface area (Å²) in [6.45, 7) is 1.21. The van der Waals surface area contributed by atoms with E-state index in [9.17, 15) is 9.18 Å². The van der Waals surface area contributed by atoms with Crippen LogP contribution in [0.25, 0.3) is 0 Å². The molecule has 0 radical (unpaired) electrons. The van der Waals surface area contributed by atoms with Crippen molar-refractivity contribution in [3.05, 3.63) is 70.0 Å². The quantitative estimate of drug-likeness (QED) is 0.868. The monoisotopic (exact) mass is 321 g/mol. The molecule has 0 saturated heterocycles. The highest BCUT2D eigenvalue weighted by Gasteiger charge is 2.13. The van der Waals surface area contributed by atoms with Crippen molar-refractivity contribution in [3.63, 3.8) is 0 Å². The fraction of sp³-hybridized carbons (Fsp3) is 0.235. The first-order valence-corrected chi connectivity index (χ1v) is 7.44. The molecule has 1 amide bonds. The summed E-state index contributed by atoms with van der Waals surface area (Å²) < 4.78 is 13.7. The Morgan fingerprint density at radius 2 is 1.86 bits per heavy atom. The molecule has 2 aromatic rings. The van der Waals surface area contributed by atoms with Crippen molar-refractivity contribution in [1.82, 2.24) is 5.32 Å². The summed E-state index contributed by atoms with van der Waals surface area (Å²) in [7, 11) is 4.13. The van der Waals surface area contributed by atoms with Crippen LogP contribution in [0.2, 0.25) is 5.02 Å². The third-order valence-corrected chi connectivity index (χ3v) is 3.51. The lowest BCUT2D eigenvalue weighted by atomic mass is 10.1. The molecule has 3 nitrogen and oxygen atoms in total. The van der Waals surface area contributed by atoms with Gasteiger partial charge in [0.2, 0.25) is 0 Å². The Hall–Kier alpha value is -1.91. The maximum absolute atomic E-state index is 13.7. The number of halogens is 2. The van der Waals surface area contributed by atoms with Gasteiger partial charge in [0, 0.05) is 17.1 Å². The predicted molar refractivity (Wildman–Crippen MR) is 85.5 cm³/mol.